The van der Waals surface area contributed by atoms with Gasteiger partial charge in [0, 0.05) is 41.8 Å². The van der Waals surface area contributed by atoms with Crippen LogP contribution in [0.15, 0.2) is 136 Å². The molecule has 0 aliphatic carbocycles. The van der Waals surface area contributed by atoms with E-state index in [1.165, 1.54) is 10.8 Å². The van der Waals surface area contributed by atoms with Crippen molar-refractivity contribution in [3.05, 3.63) is 159 Å². The summed E-state index contributed by atoms with van der Waals surface area (Å²) in [4.78, 5) is 0. The number of aromatic nitrogens is 1. The van der Waals surface area contributed by atoms with Crippen LogP contribution in [-0.4, -0.2) is 4.57 Å². The number of fused-ring (bicyclic) bond motifs is 5. The fourth-order valence-electron chi connectivity index (χ4n) is 6.58. The molecule has 0 bridgehead atoms. The molecule has 5 heteroatoms. The Morgan fingerprint density at radius 3 is 1.64 bits per heavy atom. The Morgan fingerprint density at radius 1 is 0.447 bits per heavy atom. The summed E-state index contributed by atoms with van der Waals surface area (Å²) in [5, 5.41) is 26.0. The Morgan fingerprint density at radius 2 is 1.02 bits per heavy atom. The number of nitrogens with zero attached hydrogens (tertiary/aromatic N) is 3. The second-order valence-electron chi connectivity index (χ2n) is 11.2. The first-order chi connectivity index (χ1) is 23.1. The third-order valence-corrected chi connectivity index (χ3v) is 9.66. The van der Waals surface area contributed by atoms with Gasteiger partial charge < -0.3 is 4.57 Å². The standard InChI is InChI=1S/C42H21Br2N3/c43-29-16-20-41-37(22-29)38-23-30(44)17-21-42(38)47(41)40-19-15-27(32-8-2-4-10-36(32)40)13-12-26-14-18-35(33-9-3-1-7-31(26)33)34-11-5-6-28(24-45)39(34)25-46/h1-11,14-23H. The predicted molar refractivity (Wildman–Crippen MR) is 198 cm³/mol. The molecule has 1 heterocycles. The maximum Gasteiger partial charge on any atom is 0.101 e. The molecule has 8 aromatic rings. The highest BCUT2D eigenvalue weighted by molar-refractivity contribution is 9.10. The number of hydrogen-bond acceptors (Lipinski definition) is 2. The molecule has 0 aliphatic heterocycles. The van der Waals surface area contributed by atoms with Gasteiger partial charge in [0.15, 0.2) is 0 Å². The molecule has 0 spiro atoms. The first-order valence-corrected chi connectivity index (χ1v) is 16.5. The van der Waals surface area contributed by atoms with Crippen LogP contribution in [0.25, 0.3) is 60.2 Å². The fraction of sp³-hybridized carbons (Fsp3) is 0. The third kappa shape index (κ3) is 4.79. The Labute approximate surface area is 288 Å². The van der Waals surface area contributed by atoms with Crippen molar-refractivity contribution in [3.63, 3.8) is 0 Å². The van der Waals surface area contributed by atoms with E-state index in [2.05, 4.69) is 139 Å². The lowest BCUT2D eigenvalue weighted by Gasteiger charge is -2.13. The molecule has 0 fully saturated rings. The number of nitriles is 2. The number of rotatable bonds is 2. The smallest absolute Gasteiger partial charge is 0.101 e. The summed E-state index contributed by atoms with van der Waals surface area (Å²) < 4.78 is 4.43. The lowest BCUT2D eigenvalue weighted by Crippen LogP contribution is -1.96. The number of halogens is 2. The minimum atomic E-state index is 0.370. The van der Waals surface area contributed by atoms with E-state index in [1.807, 2.05) is 42.5 Å². The van der Waals surface area contributed by atoms with Crippen molar-refractivity contribution in [3.8, 4) is 40.8 Å². The molecule has 218 valence electrons. The average Bonchev–Trinajstić information content (AvgIpc) is 3.42. The van der Waals surface area contributed by atoms with Crippen molar-refractivity contribution in [2.45, 2.75) is 0 Å². The second kappa shape index (κ2) is 11.6. The molecule has 0 N–H and O–H groups in total. The zero-order valence-corrected chi connectivity index (χ0v) is 27.9. The van der Waals surface area contributed by atoms with Gasteiger partial charge in [0.1, 0.15) is 12.1 Å². The van der Waals surface area contributed by atoms with E-state index in [-0.39, 0.29) is 0 Å². The first kappa shape index (κ1) is 28.8. The summed E-state index contributed by atoms with van der Waals surface area (Å²) in [5.74, 6) is 6.96. The summed E-state index contributed by atoms with van der Waals surface area (Å²) in [6.45, 7) is 0. The van der Waals surface area contributed by atoms with E-state index in [0.29, 0.717) is 11.1 Å². The molecular formula is C42H21Br2N3. The van der Waals surface area contributed by atoms with Crippen molar-refractivity contribution in [2.75, 3.05) is 0 Å². The predicted octanol–water partition coefficient (Wildman–Crippen LogP) is 11.4. The highest BCUT2D eigenvalue weighted by atomic mass is 79.9. The zero-order valence-electron chi connectivity index (χ0n) is 24.7. The maximum absolute atomic E-state index is 9.89. The highest BCUT2D eigenvalue weighted by Crippen LogP contribution is 2.38. The van der Waals surface area contributed by atoms with E-state index in [0.717, 1.165) is 69.5 Å². The molecule has 7 aromatic carbocycles. The van der Waals surface area contributed by atoms with Crippen molar-refractivity contribution in [1.82, 2.24) is 4.57 Å². The van der Waals surface area contributed by atoms with Crippen LogP contribution in [0.1, 0.15) is 22.3 Å². The van der Waals surface area contributed by atoms with Gasteiger partial charge in [-0.3, -0.25) is 0 Å². The fourth-order valence-corrected chi connectivity index (χ4v) is 7.30. The van der Waals surface area contributed by atoms with E-state index < -0.39 is 0 Å². The maximum atomic E-state index is 9.89. The Bertz CT molecular complexity index is 2690. The molecule has 8 rings (SSSR count). The molecule has 0 atom stereocenters. The van der Waals surface area contributed by atoms with Gasteiger partial charge in [0.2, 0.25) is 0 Å². The van der Waals surface area contributed by atoms with Gasteiger partial charge in [-0.15, -0.1) is 0 Å². The molecule has 3 nitrogen and oxygen atoms in total. The molecule has 0 aliphatic rings. The van der Waals surface area contributed by atoms with E-state index >= 15 is 0 Å². The van der Waals surface area contributed by atoms with Crippen LogP contribution in [0.3, 0.4) is 0 Å². The largest absolute Gasteiger partial charge is 0.309 e. The zero-order chi connectivity index (χ0) is 32.1. The summed E-state index contributed by atoms with van der Waals surface area (Å²) in [6.07, 6.45) is 0. The molecule has 0 unspecified atom stereocenters. The normalized spacial score (nSPS) is 11.0. The van der Waals surface area contributed by atoms with E-state index in [4.69, 9.17) is 0 Å². The molecule has 0 saturated heterocycles. The van der Waals surface area contributed by atoms with Crippen LogP contribution >= 0.6 is 31.9 Å². The van der Waals surface area contributed by atoms with Crippen molar-refractivity contribution >= 4 is 75.2 Å². The molecule has 47 heavy (non-hydrogen) atoms. The molecule has 0 amide bonds. The average molecular weight is 727 g/mol. The van der Waals surface area contributed by atoms with Crippen LogP contribution in [0.5, 0.6) is 0 Å². The van der Waals surface area contributed by atoms with Crippen LogP contribution < -0.4 is 0 Å². The molecule has 0 radical (unpaired) electrons. The summed E-state index contributed by atoms with van der Waals surface area (Å²) in [6, 6.07) is 47.5. The Hall–Kier alpha value is -5.64. The van der Waals surface area contributed by atoms with Crippen molar-refractivity contribution in [1.29, 1.82) is 10.5 Å². The highest BCUT2D eigenvalue weighted by Gasteiger charge is 2.17. The van der Waals surface area contributed by atoms with Gasteiger partial charge in [0.25, 0.3) is 0 Å². The number of benzene rings is 7. The van der Waals surface area contributed by atoms with Gasteiger partial charge >= 0.3 is 0 Å². The monoisotopic (exact) mass is 725 g/mol. The number of hydrogen-bond donors (Lipinski definition) is 0. The Kier molecular flexibility index (Phi) is 7.12. The van der Waals surface area contributed by atoms with E-state index in [9.17, 15) is 10.5 Å². The van der Waals surface area contributed by atoms with Gasteiger partial charge in [0.05, 0.1) is 27.8 Å². The van der Waals surface area contributed by atoms with Crippen LogP contribution in [0.4, 0.5) is 0 Å². The van der Waals surface area contributed by atoms with Gasteiger partial charge in [-0.25, -0.2) is 0 Å². The van der Waals surface area contributed by atoms with Crippen LogP contribution in [0.2, 0.25) is 0 Å². The topological polar surface area (TPSA) is 52.5 Å². The van der Waals surface area contributed by atoms with E-state index in [1.54, 1.807) is 6.07 Å². The molecule has 0 saturated carbocycles. The lowest BCUT2D eigenvalue weighted by atomic mass is 9.91. The first-order valence-electron chi connectivity index (χ1n) is 14.9. The summed E-state index contributed by atoms with van der Waals surface area (Å²) in [5.41, 5.74) is 7.60. The van der Waals surface area contributed by atoms with Crippen LogP contribution in [0, 0.1) is 34.5 Å². The molecular weight excluding hydrogens is 706 g/mol. The van der Waals surface area contributed by atoms with Gasteiger partial charge in [-0.1, -0.05) is 110 Å². The lowest BCUT2D eigenvalue weighted by molar-refractivity contribution is 1.20. The summed E-state index contributed by atoms with van der Waals surface area (Å²) in [7, 11) is 0. The SMILES string of the molecule is N#Cc1cccc(-c2ccc(C#Cc3ccc(-n4c5ccc(Br)cc5c5cc(Br)ccc54)c4ccccc34)c3ccccc23)c1C#N. The molecule has 1 aromatic heterocycles. The minimum absolute atomic E-state index is 0.370. The second-order valence-corrected chi connectivity index (χ2v) is 13.1. The van der Waals surface area contributed by atoms with Crippen molar-refractivity contribution < 1.29 is 0 Å². The van der Waals surface area contributed by atoms with Gasteiger partial charge in [-0.2, -0.15) is 10.5 Å². The van der Waals surface area contributed by atoms with Gasteiger partial charge in [-0.05, 0) is 82.4 Å². The quantitative estimate of drug-likeness (QED) is 0.167. The minimum Gasteiger partial charge on any atom is -0.309 e. The third-order valence-electron chi connectivity index (χ3n) is 8.67. The van der Waals surface area contributed by atoms with Crippen LogP contribution in [-0.2, 0) is 0 Å². The summed E-state index contributed by atoms with van der Waals surface area (Å²) >= 11 is 7.34. The van der Waals surface area contributed by atoms with Crippen molar-refractivity contribution in [2.24, 2.45) is 0 Å². The Balaban J connectivity index is 1.29.